The third kappa shape index (κ3) is 2.44. The summed E-state index contributed by atoms with van der Waals surface area (Å²) in [6, 6.07) is 3.07. The zero-order chi connectivity index (χ0) is 10.7. The van der Waals surface area contributed by atoms with E-state index in [0.29, 0.717) is 10.7 Å². The Morgan fingerprint density at radius 2 is 2.14 bits per heavy atom. The average Bonchev–Trinajstić information content (AvgIpc) is 2.16. The fourth-order valence-corrected chi connectivity index (χ4v) is 1.40. The van der Waals surface area contributed by atoms with E-state index in [1.54, 1.807) is 18.3 Å². The van der Waals surface area contributed by atoms with Gasteiger partial charge in [-0.3, -0.25) is 4.98 Å². The minimum Gasteiger partial charge on any atom is -0.385 e. The van der Waals surface area contributed by atoms with Gasteiger partial charge in [0.15, 0.2) is 0 Å². The minimum atomic E-state index is -0.802. The normalized spacial score (nSPS) is 15.6. The zero-order valence-corrected chi connectivity index (χ0v) is 9.07. The Bertz CT molecular complexity index is 304. The van der Waals surface area contributed by atoms with Crippen molar-refractivity contribution in [2.75, 3.05) is 0 Å². The molecule has 14 heavy (non-hydrogen) atoms. The van der Waals surface area contributed by atoms with Gasteiger partial charge < -0.3 is 10.8 Å². The van der Waals surface area contributed by atoms with Gasteiger partial charge in [-0.1, -0.05) is 25.4 Å². The van der Waals surface area contributed by atoms with Gasteiger partial charge in [0, 0.05) is 12.2 Å². The van der Waals surface area contributed by atoms with Crippen LogP contribution in [-0.4, -0.2) is 16.1 Å². The van der Waals surface area contributed by atoms with Crippen LogP contribution in [0.3, 0.4) is 0 Å². The smallest absolute Gasteiger partial charge is 0.113 e. The second-order valence-corrected chi connectivity index (χ2v) is 4.04. The van der Waals surface area contributed by atoms with Crippen molar-refractivity contribution in [3.63, 3.8) is 0 Å². The van der Waals surface area contributed by atoms with Crippen molar-refractivity contribution in [1.29, 1.82) is 0 Å². The average molecular weight is 215 g/mol. The van der Waals surface area contributed by atoms with Crippen LogP contribution >= 0.6 is 11.6 Å². The van der Waals surface area contributed by atoms with Gasteiger partial charge in [0.25, 0.3) is 0 Å². The SMILES string of the molecule is CC(C)[C@@H](N)[C@@H](O)c1ncccc1Cl. The van der Waals surface area contributed by atoms with E-state index in [2.05, 4.69) is 4.98 Å². The van der Waals surface area contributed by atoms with Crippen LogP contribution in [0.1, 0.15) is 25.6 Å². The summed E-state index contributed by atoms with van der Waals surface area (Å²) in [7, 11) is 0. The Labute approximate surface area is 88.9 Å². The largest absolute Gasteiger partial charge is 0.385 e. The molecule has 0 aliphatic heterocycles. The lowest BCUT2D eigenvalue weighted by Gasteiger charge is -2.22. The number of aliphatic hydroxyl groups excluding tert-OH is 1. The fourth-order valence-electron chi connectivity index (χ4n) is 1.16. The predicted molar refractivity (Wildman–Crippen MR) is 57.0 cm³/mol. The lowest BCUT2D eigenvalue weighted by Crippen LogP contribution is -2.34. The summed E-state index contributed by atoms with van der Waals surface area (Å²) in [6.45, 7) is 3.90. The van der Waals surface area contributed by atoms with E-state index in [4.69, 9.17) is 17.3 Å². The molecule has 0 amide bonds. The number of aromatic nitrogens is 1. The van der Waals surface area contributed by atoms with Crippen LogP contribution in [0.5, 0.6) is 0 Å². The maximum atomic E-state index is 9.87. The Morgan fingerprint density at radius 3 is 2.64 bits per heavy atom. The Kier molecular flexibility index (Phi) is 3.86. The number of hydrogen-bond donors (Lipinski definition) is 2. The fraction of sp³-hybridized carbons (Fsp3) is 0.500. The molecule has 0 spiro atoms. The molecule has 1 aromatic rings. The second kappa shape index (κ2) is 4.73. The van der Waals surface area contributed by atoms with Gasteiger partial charge >= 0.3 is 0 Å². The molecule has 3 nitrogen and oxygen atoms in total. The van der Waals surface area contributed by atoms with E-state index in [0.717, 1.165) is 0 Å². The minimum absolute atomic E-state index is 0.183. The molecule has 3 N–H and O–H groups in total. The molecule has 78 valence electrons. The summed E-state index contributed by atoms with van der Waals surface area (Å²) < 4.78 is 0. The van der Waals surface area contributed by atoms with E-state index in [1.807, 2.05) is 13.8 Å². The maximum Gasteiger partial charge on any atom is 0.113 e. The molecule has 0 aromatic carbocycles. The van der Waals surface area contributed by atoms with E-state index < -0.39 is 6.10 Å². The van der Waals surface area contributed by atoms with Crippen LogP contribution in [0.25, 0.3) is 0 Å². The Balaban J connectivity index is 2.89. The highest BCUT2D eigenvalue weighted by Crippen LogP contribution is 2.24. The monoisotopic (exact) mass is 214 g/mol. The third-order valence-corrected chi connectivity index (χ3v) is 2.52. The standard InChI is InChI=1S/C10H15ClN2O/c1-6(2)8(12)10(14)9-7(11)4-3-5-13-9/h3-6,8,10,14H,12H2,1-2H3/t8-,10-/m1/s1. The number of hydrogen-bond acceptors (Lipinski definition) is 3. The first-order chi connectivity index (χ1) is 6.54. The number of halogens is 1. The lowest BCUT2D eigenvalue weighted by atomic mass is 9.97. The molecule has 0 saturated heterocycles. The van der Waals surface area contributed by atoms with Gasteiger partial charge in [-0.05, 0) is 18.1 Å². The summed E-state index contributed by atoms with van der Waals surface area (Å²) in [6.07, 6.45) is 0.793. The van der Waals surface area contributed by atoms with Gasteiger partial charge in [0.2, 0.25) is 0 Å². The summed E-state index contributed by atoms with van der Waals surface area (Å²) in [5, 5.41) is 10.3. The predicted octanol–water partition coefficient (Wildman–Crippen LogP) is 1.75. The van der Waals surface area contributed by atoms with Crippen LogP contribution in [0.4, 0.5) is 0 Å². The van der Waals surface area contributed by atoms with Crippen molar-refractivity contribution in [1.82, 2.24) is 4.98 Å². The highest BCUT2D eigenvalue weighted by atomic mass is 35.5. The number of aliphatic hydroxyl groups is 1. The van der Waals surface area contributed by atoms with Crippen LogP contribution in [0.15, 0.2) is 18.3 Å². The molecule has 1 aromatic heterocycles. The first-order valence-corrected chi connectivity index (χ1v) is 4.96. The highest BCUT2D eigenvalue weighted by Gasteiger charge is 2.22. The van der Waals surface area contributed by atoms with E-state index in [1.165, 1.54) is 0 Å². The highest BCUT2D eigenvalue weighted by molar-refractivity contribution is 6.31. The van der Waals surface area contributed by atoms with Crippen molar-refractivity contribution in [3.05, 3.63) is 29.0 Å². The number of nitrogens with zero attached hydrogens (tertiary/aromatic N) is 1. The summed E-state index contributed by atoms with van der Waals surface area (Å²) in [5.41, 5.74) is 6.27. The van der Waals surface area contributed by atoms with Crippen LogP contribution in [0.2, 0.25) is 5.02 Å². The van der Waals surface area contributed by atoms with Crippen molar-refractivity contribution in [2.24, 2.45) is 11.7 Å². The number of pyridine rings is 1. The van der Waals surface area contributed by atoms with Crippen molar-refractivity contribution in [2.45, 2.75) is 26.0 Å². The molecule has 1 rings (SSSR count). The van der Waals surface area contributed by atoms with Crippen LogP contribution in [0, 0.1) is 5.92 Å². The first-order valence-electron chi connectivity index (χ1n) is 4.58. The molecule has 0 aliphatic rings. The van der Waals surface area contributed by atoms with Crippen LogP contribution < -0.4 is 5.73 Å². The van der Waals surface area contributed by atoms with Crippen LogP contribution in [-0.2, 0) is 0 Å². The van der Waals surface area contributed by atoms with Crippen molar-refractivity contribution < 1.29 is 5.11 Å². The summed E-state index contributed by atoms with van der Waals surface area (Å²) in [4.78, 5) is 4.02. The number of rotatable bonds is 3. The molecule has 0 radical (unpaired) electrons. The molecular formula is C10H15ClN2O. The molecule has 0 aliphatic carbocycles. The van der Waals surface area contributed by atoms with Gasteiger partial charge in [-0.15, -0.1) is 0 Å². The molecule has 0 fully saturated rings. The molecule has 0 saturated carbocycles. The quantitative estimate of drug-likeness (QED) is 0.806. The first kappa shape index (κ1) is 11.4. The second-order valence-electron chi connectivity index (χ2n) is 3.64. The van der Waals surface area contributed by atoms with Gasteiger partial charge in [0.1, 0.15) is 6.10 Å². The Morgan fingerprint density at radius 1 is 1.50 bits per heavy atom. The molecule has 0 unspecified atom stereocenters. The third-order valence-electron chi connectivity index (χ3n) is 2.20. The number of nitrogens with two attached hydrogens (primary N) is 1. The Hall–Kier alpha value is -0.640. The molecule has 4 heteroatoms. The lowest BCUT2D eigenvalue weighted by molar-refractivity contribution is 0.121. The summed E-state index contributed by atoms with van der Waals surface area (Å²) >= 11 is 5.89. The topological polar surface area (TPSA) is 59.1 Å². The van der Waals surface area contributed by atoms with Gasteiger partial charge in [0.05, 0.1) is 10.7 Å². The zero-order valence-electron chi connectivity index (χ0n) is 8.31. The maximum absolute atomic E-state index is 9.87. The molecule has 1 heterocycles. The molecule has 0 bridgehead atoms. The van der Waals surface area contributed by atoms with Gasteiger partial charge in [-0.2, -0.15) is 0 Å². The van der Waals surface area contributed by atoms with E-state index >= 15 is 0 Å². The summed E-state index contributed by atoms with van der Waals surface area (Å²) in [5.74, 6) is 0.183. The molecule has 2 atom stereocenters. The van der Waals surface area contributed by atoms with Crippen molar-refractivity contribution >= 4 is 11.6 Å². The van der Waals surface area contributed by atoms with E-state index in [-0.39, 0.29) is 12.0 Å². The van der Waals surface area contributed by atoms with E-state index in [9.17, 15) is 5.11 Å². The van der Waals surface area contributed by atoms with Gasteiger partial charge in [-0.25, -0.2) is 0 Å². The molecular weight excluding hydrogens is 200 g/mol. The van der Waals surface area contributed by atoms with Crippen molar-refractivity contribution in [3.8, 4) is 0 Å².